The minimum atomic E-state index is -4.73. The van der Waals surface area contributed by atoms with Gasteiger partial charge >= 0.3 is 17.8 Å². The highest BCUT2D eigenvalue weighted by Crippen LogP contribution is 2.23. The highest BCUT2D eigenvalue weighted by atomic mass is 32.2. The standard InChI is InChI=1S/C16H15F2NO6S/c1-10-8-12(25-13(10)14(20)24-2)26(22,23)19-15(21)16(17,18)9-11-6-4-3-5-7-11/h3-8H,9H2,1-2H3,(H,19,21). The molecule has 0 aliphatic rings. The number of carbonyl (C=O) groups is 2. The third kappa shape index (κ3) is 4.26. The van der Waals surface area contributed by atoms with E-state index in [1.807, 2.05) is 0 Å². The average Bonchev–Trinajstić information content (AvgIpc) is 2.97. The van der Waals surface area contributed by atoms with Gasteiger partial charge in [-0.05, 0) is 12.5 Å². The highest BCUT2D eigenvalue weighted by molar-refractivity contribution is 7.89. The molecule has 10 heteroatoms. The molecule has 1 heterocycles. The number of carbonyl (C=O) groups excluding carboxylic acids is 2. The Kier molecular flexibility index (Phi) is 5.45. The maximum absolute atomic E-state index is 14.0. The van der Waals surface area contributed by atoms with E-state index in [1.54, 1.807) is 6.07 Å². The molecular formula is C16H15F2NO6S. The monoisotopic (exact) mass is 387 g/mol. The summed E-state index contributed by atoms with van der Waals surface area (Å²) < 4.78 is 62.8. The number of furan rings is 1. The summed E-state index contributed by atoms with van der Waals surface area (Å²) in [6, 6.07) is 8.34. The molecule has 1 aromatic heterocycles. The number of aryl methyl sites for hydroxylation is 1. The second kappa shape index (κ2) is 7.24. The van der Waals surface area contributed by atoms with E-state index >= 15 is 0 Å². The Labute approximate surface area is 148 Å². The lowest BCUT2D eigenvalue weighted by atomic mass is 10.1. The number of esters is 1. The zero-order valence-corrected chi connectivity index (χ0v) is 14.6. The second-order valence-corrected chi connectivity index (χ2v) is 6.98. The number of methoxy groups -OCH3 is 1. The minimum absolute atomic E-state index is 0.112. The number of rotatable bonds is 6. The molecule has 0 atom stereocenters. The van der Waals surface area contributed by atoms with Crippen LogP contribution in [0.1, 0.15) is 21.7 Å². The van der Waals surface area contributed by atoms with Gasteiger partial charge in [0.15, 0.2) is 0 Å². The van der Waals surface area contributed by atoms with Crippen LogP contribution in [0.5, 0.6) is 0 Å². The van der Waals surface area contributed by atoms with E-state index in [0.717, 1.165) is 13.2 Å². The Bertz CT molecular complexity index is 921. The van der Waals surface area contributed by atoms with E-state index in [2.05, 4.69) is 4.74 Å². The number of sulfonamides is 1. The van der Waals surface area contributed by atoms with Crippen LogP contribution in [0.4, 0.5) is 8.78 Å². The first-order valence-corrected chi connectivity index (χ1v) is 8.73. The molecule has 26 heavy (non-hydrogen) atoms. The third-order valence-corrected chi connectivity index (χ3v) is 4.54. The predicted octanol–water partition coefficient (Wildman–Crippen LogP) is 2.06. The van der Waals surface area contributed by atoms with Crippen molar-refractivity contribution in [2.45, 2.75) is 24.4 Å². The first-order valence-electron chi connectivity index (χ1n) is 7.24. The molecular weight excluding hydrogens is 372 g/mol. The highest BCUT2D eigenvalue weighted by Gasteiger charge is 2.42. The van der Waals surface area contributed by atoms with Gasteiger partial charge in [0.1, 0.15) is 0 Å². The Balaban J connectivity index is 2.20. The summed E-state index contributed by atoms with van der Waals surface area (Å²) in [5.41, 5.74) is 0.271. The van der Waals surface area contributed by atoms with Gasteiger partial charge in [-0.15, -0.1) is 0 Å². The zero-order chi connectivity index (χ0) is 19.5. The summed E-state index contributed by atoms with van der Waals surface area (Å²) >= 11 is 0. The molecule has 2 rings (SSSR count). The van der Waals surface area contributed by atoms with Crippen molar-refractivity contribution in [3.8, 4) is 0 Å². The quantitative estimate of drug-likeness (QED) is 0.761. The number of halogens is 2. The Morgan fingerprint density at radius 3 is 2.42 bits per heavy atom. The van der Waals surface area contributed by atoms with Crippen LogP contribution in [0.2, 0.25) is 0 Å². The number of alkyl halides is 2. The Morgan fingerprint density at radius 1 is 1.23 bits per heavy atom. The van der Waals surface area contributed by atoms with Gasteiger partial charge in [0.05, 0.1) is 7.11 Å². The van der Waals surface area contributed by atoms with Gasteiger partial charge in [0.25, 0.3) is 10.0 Å². The fourth-order valence-corrected chi connectivity index (χ4v) is 3.08. The van der Waals surface area contributed by atoms with Crippen LogP contribution in [-0.4, -0.2) is 33.3 Å². The lowest BCUT2D eigenvalue weighted by Gasteiger charge is -2.15. The van der Waals surface area contributed by atoms with Crippen LogP contribution >= 0.6 is 0 Å². The van der Waals surface area contributed by atoms with E-state index < -0.39 is 45.1 Å². The van der Waals surface area contributed by atoms with Crippen molar-refractivity contribution in [2.75, 3.05) is 7.11 Å². The maximum atomic E-state index is 14.0. The van der Waals surface area contributed by atoms with E-state index in [4.69, 9.17) is 4.42 Å². The molecule has 140 valence electrons. The van der Waals surface area contributed by atoms with Crippen molar-refractivity contribution < 1.29 is 35.9 Å². The second-order valence-electron chi connectivity index (χ2n) is 5.37. The molecule has 0 bridgehead atoms. The van der Waals surface area contributed by atoms with Gasteiger partial charge < -0.3 is 9.15 Å². The lowest BCUT2D eigenvalue weighted by Crippen LogP contribution is -2.44. The maximum Gasteiger partial charge on any atom is 0.374 e. The molecule has 0 aliphatic heterocycles. The molecule has 1 amide bonds. The topological polar surface area (TPSA) is 103 Å². The predicted molar refractivity (Wildman–Crippen MR) is 85.2 cm³/mol. The summed E-state index contributed by atoms with van der Waals surface area (Å²) in [5, 5.41) is -0.848. The van der Waals surface area contributed by atoms with Crippen molar-refractivity contribution in [1.82, 2.24) is 4.72 Å². The van der Waals surface area contributed by atoms with Gasteiger partial charge in [0, 0.05) is 18.1 Å². The molecule has 1 N–H and O–H groups in total. The molecule has 0 unspecified atom stereocenters. The van der Waals surface area contributed by atoms with E-state index in [0.29, 0.717) is 0 Å². The fraction of sp³-hybridized carbons (Fsp3) is 0.250. The van der Waals surface area contributed by atoms with Gasteiger partial charge in [-0.25, -0.2) is 9.52 Å². The van der Waals surface area contributed by atoms with Crippen LogP contribution in [-0.2, 0) is 26.0 Å². The van der Waals surface area contributed by atoms with Crippen molar-refractivity contribution in [3.63, 3.8) is 0 Å². The number of hydrogen-bond donors (Lipinski definition) is 1. The molecule has 0 aliphatic carbocycles. The Morgan fingerprint density at radius 2 is 1.85 bits per heavy atom. The molecule has 7 nitrogen and oxygen atoms in total. The molecule has 2 aromatic rings. The fourth-order valence-electron chi connectivity index (χ4n) is 2.06. The first kappa shape index (κ1) is 19.6. The number of amides is 1. The molecule has 0 radical (unpaired) electrons. The minimum Gasteiger partial charge on any atom is -0.463 e. The van der Waals surface area contributed by atoms with Crippen molar-refractivity contribution >= 4 is 21.9 Å². The van der Waals surface area contributed by atoms with Crippen molar-refractivity contribution in [2.24, 2.45) is 0 Å². The van der Waals surface area contributed by atoms with Crippen molar-refractivity contribution in [3.05, 3.63) is 53.3 Å². The summed E-state index contributed by atoms with van der Waals surface area (Å²) in [6.07, 6.45) is -0.972. The molecule has 0 saturated heterocycles. The van der Waals surface area contributed by atoms with Gasteiger partial charge in [-0.2, -0.15) is 17.2 Å². The molecule has 0 saturated carbocycles. The summed E-state index contributed by atoms with van der Waals surface area (Å²) in [7, 11) is -3.67. The van der Waals surface area contributed by atoms with E-state index in [9.17, 15) is 26.8 Å². The van der Waals surface area contributed by atoms with Crippen LogP contribution in [0, 0.1) is 6.92 Å². The zero-order valence-electron chi connectivity index (χ0n) is 13.8. The number of benzene rings is 1. The van der Waals surface area contributed by atoms with E-state index in [-0.39, 0.29) is 11.1 Å². The van der Waals surface area contributed by atoms with Crippen LogP contribution in [0.3, 0.4) is 0 Å². The molecule has 0 spiro atoms. The van der Waals surface area contributed by atoms with Gasteiger partial charge in [-0.3, -0.25) is 4.79 Å². The molecule has 0 fully saturated rings. The van der Waals surface area contributed by atoms with Crippen LogP contribution in [0.15, 0.2) is 45.9 Å². The normalized spacial score (nSPS) is 11.8. The number of ether oxygens (including phenoxy) is 1. The van der Waals surface area contributed by atoms with Gasteiger partial charge in [0.2, 0.25) is 10.9 Å². The van der Waals surface area contributed by atoms with Crippen molar-refractivity contribution in [1.29, 1.82) is 0 Å². The largest absolute Gasteiger partial charge is 0.463 e. The average molecular weight is 387 g/mol. The Hall–Kier alpha value is -2.75. The van der Waals surface area contributed by atoms with E-state index in [1.165, 1.54) is 35.9 Å². The van der Waals surface area contributed by atoms with Crippen LogP contribution < -0.4 is 4.72 Å². The summed E-state index contributed by atoms with van der Waals surface area (Å²) in [5.74, 6) is -7.32. The summed E-state index contributed by atoms with van der Waals surface area (Å²) in [6.45, 7) is 1.36. The first-order chi connectivity index (χ1) is 12.1. The molecule has 1 aromatic carbocycles. The SMILES string of the molecule is COC(=O)c1oc(S(=O)(=O)NC(=O)C(F)(F)Cc2ccccc2)cc1C. The summed E-state index contributed by atoms with van der Waals surface area (Å²) in [4.78, 5) is 23.2. The number of nitrogens with one attached hydrogen (secondary N) is 1. The number of hydrogen-bond acceptors (Lipinski definition) is 6. The van der Waals surface area contributed by atoms with Crippen LogP contribution in [0.25, 0.3) is 0 Å². The third-order valence-electron chi connectivity index (χ3n) is 3.36. The smallest absolute Gasteiger partial charge is 0.374 e. The lowest BCUT2D eigenvalue weighted by molar-refractivity contribution is -0.143. The van der Waals surface area contributed by atoms with Gasteiger partial charge in [-0.1, -0.05) is 30.3 Å².